The number of hydrazone groups is 1. The summed E-state index contributed by atoms with van der Waals surface area (Å²) in [4.78, 5) is 27.2. The highest BCUT2D eigenvalue weighted by molar-refractivity contribution is 7.22. The fraction of sp³-hybridized carbons (Fsp3) is 0.385. The molecule has 8 heteroatoms. The number of benzene rings is 2. The van der Waals surface area contributed by atoms with Crippen LogP contribution in [0.25, 0.3) is 10.2 Å². The summed E-state index contributed by atoms with van der Waals surface area (Å²) in [6.07, 6.45) is 8.76. The van der Waals surface area contributed by atoms with Crippen molar-refractivity contribution in [3.8, 4) is 11.5 Å². The third kappa shape index (κ3) is 7.66. The van der Waals surface area contributed by atoms with Crippen molar-refractivity contribution in [2.75, 3.05) is 11.6 Å². The van der Waals surface area contributed by atoms with Gasteiger partial charge in [-0.3, -0.25) is 4.79 Å². The maximum atomic E-state index is 12.1. The highest BCUT2D eigenvalue weighted by atomic mass is 32.1. The number of aromatic nitrogens is 1. The third-order valence-corrected chi connectivity index (χ3v) is 6.30. The number of phenols is 1. The van der Waals surface area contributed by atoms with E-state index in [9.17, 15) is 14.7 Å². The van der Waals surface area contributed by atoms with Gasteiger partial charge in [-0.05, 0) is 49.6 Å². The zero-order chi connectivity index (χ0) is 24.2. The van der Waals surface area contributed by atoms with Gasteiger partial charge < -0.3 is 14.6 Å². The Kier molecular flexibility index (Phi) is 10.0. The number of ether oxygens (including phenoxy) is 1. The number of hydrogen-bond acceptors (Lipinski definition) is 8. The lowest BCUT2D eigenvalue weighted by Crippen LogP contribution is -2.18. The number of aldehydes is 1. The fourth-order valence-corrected chi connectivity index (χ4v) is 4.32. The number of rotatable bonds is 14. The molecule has 0 aliphatic rings. The number of thiazole rings is 1. The highest BCUT2D eigenvalue weighted by Crippen LogP contribution is 2.29. The SMILES string of the molecule is CCCCCCN(/N=C/c1cc(OC(=O)CCCCC=O)ccc1O)c1nc2ccccc2s1. The van der Waals surface area contributed by atoms with Crippen molar-refractivity contribution >= 4 is 45.2 Å². The minimum Gasteiger partial charge on any atom is -0.507 e. The summed E-state index contributed by atoms with van der Waals surface area (Å²) in [5.41, 5.74) is 1.38. The molecule has 0 radical (unpaired) electrons. The summed E-state index contributed by atoms with van der Waals surface area (Å²) in [5.74, 6) is 0.0189. The van der Waals surface area contributed by atoms with E-state index in [2.05, 4.69) is 12.0 Å². The Morgan fingerprint density at radius 1 is 1.15 bits per heavy atom. The summed E-state index contributed by atoms with van der Waals surface area (Å²) in [6.45, 7) is 2.89. The predicted octanol–water partition coefficient (Wildman–Crippen LogP) is 6.09. The second-order valence-electron chi connectivity index (χ2n) is 8.00. The average Bonchev–Trinajstić information content (AvgIpc) is 3.27. The smallest absolute Gasteiger partial charge is 0.311 e. The number of carbonyl (C=O) groups excluding carboxylic acids is 2. The second kappa shape index (κ2) is 13.4. The van der Waals surface area contributed by atoms with E-state index in [0.717, 1.165) is 40.9 Å². The van der Waals surface area contributed by atoms with E-state index in [0.29, 0.717) is 37.1 Å². The molecular weight excluding hydrogens is 450 g/mol. The van der Waals surface area contributed by atoms with E-state index in [1.165, 1.54) is 12.5 Å². The van der Waals surface area contributed by atoms with E-state index in [-0.39, 0.29) is 18.1 Å². The Hall–Kier alpha value is -3.26. The maximum absolute atomic E-state index is 12.1. The third-order valence-electron chi connectivity index (χ3n) is 5.25. The number of nitrogens with zero attached hydrogens (tertiary/aromatic N) is 3. The Morgan fingerprint density at radius 2 is 2.00 bits per heavy atom. The fourth-order valence-electron chi connectivity index (χ4n) is 3.37. The molecule has 180 valence electrons. The lowest BCUT2D eigenvalue weighted by molar-refractivity contribution is -0.134. The van der Waals surface area contributed by atoms with Crippen molar-refractivity contribution in [1.29, 1.82) is 0 Å². The van der Waals surface area contributed by atoms with Gasteiger partial charge in [-0.15, -0.1) is 0 Å². The Balaban J connectivity index is 1.73. The first kappa shape index (κ1) is 25.4. The van der Waals surface area contributed by atoms with Crippen LogP contribution in [0.5, 0.6) is 11.5 Å². The van der Waals surface area contributed by atoms with Crippen LogP contribution in [0.2, 0.25) is 0 Å². The summed E-state index contributed by atoms with van der Waals surface area (Å²) in [5, 5.41) is 17.6. The Labute approximate surface area is 204 Å². The molecule has 0 atom stereocenters. The van der Waals surface area contributed by atoms with E-state index in [1.807, 2.05) is 29.3 Å². The molecular formula is C26H31N3O4S. The largest absolute Gasteiger partial charge is 0.507 e. The molecule has 0 spiro atoms. The molecule has 0 saturated carbocycles. The molecule has 2 aromatic carbocycles. The number of para-hydroxylation sites is 1. The first-order valence-electron chi connectivity index (χ1n) is 11.7. The van der Waals surface area contributed by atoms with Crippen molar-refractivity contribution in [3.63, 3.8) is 0 Å². The standard InChI is InChI=1S/C26H31N3O4S/c1-2-3-4-9-16-29(26-28-22-11-7-8-12-24(22)34-26)27-19-20-18-21(14-15-23(20)31)33-25(32)13-6-5-10-17-30/h7-8,11-12,14-15,17-19,31H,2-6,9-10,13,16H2,1H3/b27-19+. The number of anilines is 1. The van der Waals surface area contributed by atoms with Gasteiger partial charge in [-0.25, -0.2) is 9.99 Å². The van der Waals surface area contributed by atoms with Crippen molar-refractivity contribution < 1.29 is 19.4 Å². The van der Waals surface area contributed by atoms with Gasteiger partial charge in [0.25, 0.3) is 0 Å². The molecule has 0 fully saturated rings. The van der Waals surface area contributed by atoms with Crippen molar-refractivity contribution in [1.82, 2.24) is 4.98 Å². The minimum atomic E-state index is -0.369. The first-order valence-corrected chi connectivity index (χ1v) is 12.6. The van der Waals surface area contributed by atoms with Gasteiger partial charge in [-0.2, -0.15) is 5.10 Å². The van der Waals surface area contributed by atoms with Crippen LogP contribution >= 0.6 is 11.3 Å². The summed E-state index contributed by atoms with van der Waals surface area (Å²) < 4.78 is 6.48. The summed E-state index contributed by atoms with van der Waals surface area (Å²) in [6, 6.07) is 12.6. The molecule has 0 saturated heterocycles. The molecule has 0 aliphatic heterocycles. The molecule has 0 bridgehead atoms. The molecule has 3 aromatic rings. The zero-order valence-corrected chi connectivity index (χ0v) is 20.3. The normalized spacial score (nSPS) is 11.2. The summed E-state index contributed by atoms with van der Waals surface area (Å²) in [7, 11) is 0. The van der Waals surface area contributed by atoms with Crippen molar-refractivity contribution in [2.24, 2.45) is 5.10 Å². The number of fused-ring (bicyclic) bond motifs is 1. The molecule has 0 unspecified atom stereocenters. The van der Waals surface area contributed by atoms with Crippen LogP contribution < -0.4 is 9.75 Å². The van der Waals surface area contributed by atoms with Crippen LogP contribution in [-0.2, 0) is 9.59 Å². The average molecular weight is 482 g/mol. The van der Waals surface area contributed by atoms with Gasteiger partial charge in [0, 0.05) is 24.9 Å². The molecule has 1 heterocycles. The summed E-state index contributed by atoms with van der Waals surface area (Å²) >= 11 is 1.58. The molecule has 3 rings (SSSR count). The Morgan fingerprint density at radius 3 is 2.79 bits per heavy atom. The lowest BCUT2D eigenvalue weighted by Gasteiger charge is -2.15. The lowest BCUT2D eigenvalue weighted by atomic mass is 10.2. The van der Waals surface area contributed by atoms with Crippen molar-refractivity contribution in [2.45, 2.75) is 58.3 Å². The first-order chi connectivity index (χ1) is 16.6. The van der Waals surface area contributed by atoms with Gasteiger partial charge in [-0.1, -0.05) is 49.7 Å². The second-order valence-corrected chi connectivity index (χ2v) is 9.01. The van der Waals surface area contributed by atoms with Gasteiger partial charge in [0.1, 0.15) is 17.8 Å². The van der Waals surface area contributed by atoms with E-state index in [4.69, 9.17) is 9.72 Å². The van der Waals surface area contributed by atoms with Crippen LogP contribution in [0.4, 0.5) is 5.13 Å². The zero-order valence-electron chi connectivity index (χ0n) is 19.5. The van der Waals surface area contributed by atoms with Crippen LogP contribution in [0, 0.1) is 0 Å². The molecule has 7 nitrogen and oxygen atoms in total. The number of hydrogen-bond donors (Lipinski definition) is 1. The van der Waals surface area contributed by atoms with Gasteiger partial charge >= 0.3 is 5.97 Å². The number of unbranched alkanes of at least 4 members (excludes halogenated alkanes) is 5. The maximum Gasteiger partial charge on any atom is 0.311 e. The van der Waals surface area contributed by atoms with Gasteiger partial charge in [0.05, 0.1) is 16.4 Å². The number of phenolic OH excluding ortho intramolecular Hbond substituents is 1. The highest BCUT2D eigenvalue weighted by Gasteiger charge is 2.12. The van der Waals surface area contributed by atoms with Gasteiger partial charge in [0.15, 0.2) is 0 Å². The van der Waals surface area contributed by atoms with Crippen LogP contribution in [0.3, 0.4) is 0 Å². The molecule has 34 heavy (non-hydrogen) atoms. The molecule has 1 aromatic heterocycles. The van der Waals surface area contributed by atoms with E-state index < -0.39 is 0 Å². The predicted molar refractivity (Wildman–Crippen MR) is 137 cm³/mol. The van der Waals surface area contributed by atoms with E-state index in [1.54, 1.807) is 29.7 Å². The minimum absolute atomic E-state index is 0.0461. The molecule has 1 N–H and O–H groups in total. The van der Waals surface area contributed by atoms with Gasteiger partial charge in [0.2, 0.25) is 5.13 Å². The number of esters is 1. The number of carbonyl (C=O) groups is 2. The van der Waals surface area contributed by atoms with Crippen LogP contribution in [0.15, 0.2) is 47.6 Å². The molecule has 0 aliphatic carbocycles. The number of aromatic hydroxyl groups is 1. The van der Waals surface area contributed by atoms with E-state index >= 15 is 0 Å². The quantitative estimate of drug-likeness (QED) is 0.0748. The van der Waals surface area contributed by atoms with Crippen molar-refractivity contribution in [3.05, 3.63) is 48.0 Å². The van der Waals surface area contributed by atoms with Crippen LogP contribution in [-0.4, -0.2) is 35.1 Å². The monoisotopic (exact) mass is 481 g/mol. The Bertz CT molecular complexity index is 1080. The topological polar surface area (TPSA) is 92.1 Å². The van der Waals surface area contributed by atoms with Crippen LogP contribution in [0.1, 0.15) is 63.9 Å². The molecule has 0 amide bonds.